The van der Waals surface area contributed by atoms with Gasteiger partial charge in [0.05, 0.1) is 33.5 Å². The maximum atomic E-state index is 6.66. The molecule has 0 radical (unpaired) electrons. The molecule has 0 fully saturated rings. The normalized spacial score (nSPS) is 12.2. The van der Waals surface area contributed by atoms with E-state index in [0.29, 0.717) is 0 Å². The second kappa shape index (κ2) is 16.3. The zero-order chi connectivity index (χ0) is 47.0. The quantitative estimate of drug-likeness (QED) is 0.159. The van der Waals surface area contributed by atoms with E-state index in [-0.39, 0.29) is 10.8 Å². The van der Waals surface area contributed by atoms with Gasteiger partial charge in [-0.05, 0) is 110 Å². The van der Waals surface area contributed by atoms with Gasteiger partial charge in [0.1, 0.15) is 11.2 Å². The number of nitrogens with zero attached hydrogens (tertiary/aromatic N) is 2. The van der Waals surface area contributed by atoms with E-state index in [1.165, 1.54) is 60.4 Å². The lowest BCUT2D eigenvalue weighted by molar-refractivity contribution is 0.569. The van der Waals surface area contributed by atoms with Gasteiger partial charge in [0, 0.05) is 33.0 Å². The van der Waals surface area contributed by atoms with Crippen LogP contribution >= 0.6 is 0 Å². The Hall–Kier alpha value is -8.14. The fraction of sp³-hybridized carbons (Fsp3) is 0.121. The molecular formula is C66H54N2O. The number of aromatic nitrogens is 1. The van der Waals surface area contributed by atoms with Crippen LogP contribution in [0.2, 0.25) is 0 Å². The van der Waals surface area contributed by atoms with E-state index in [1.807, 2.05) is 0 Å². The van der Waals surface area contributed by atoms with Gasteiger partial charge < -0.3 is 13.9 Å². The van der Waals surface area contributed by atoms with E-state index in [4.69, 9.17) is 4.42 Å². The summed E-state index contributed by atoms with van der Waals surface area (Å²) in [4.78, 5) is 2.50. The van der Waals surface area contributed by atoms with Crippen LogP contribution in [0.1, 0.15) is 52.7 Å². The molecule has 0 aliphatic carbocycles. The summed E-state index contributed by atoms with van der Waals surface area (Å²) < 4.78 is 9.06. The third kappa shape index (κ3) is 7.11. The van der Waals surface area contributed by atoms with Crippen molar-refractivity contribution < 1.29 is 4.42 Å². The minimum Gasteiger partial charge on any atom is -0.456 e. The smallest absolute Gasteiger partial charge is 0.137 e. The van der Waals surface area contributed by atoms with Crippen molar-refractivity contribution >= 4 is 71.6 Å². The highest BCUT2D eigenvalue weighted by molar-refractivity contribution is 6.19. The van der Waals surface area contributed by atoms with E-state index in [2.05, 4.69) is 269 Å². The first-order chi connectivity index (χ1) is 33.5. The third-order valence-corrected chi connectivity index (χ3v) is 14.1. The van der Waals surface area contributed by atoms with E-state index in [9.17, 15) is 0 Å². The van der Waals surface area contributed by atoms with Crippen LogP contribution < -0.4 is 4.90 Å². The zero-order valence-electron chi connectivity index (χ0n) is 40.1. The van der Waals surface area contributed by atoms with Crippen molar-refractivity contribution in [2.75, 3.05) is 4.90 Å². The molecule has 3 nitrogen and oxygen atoms in total. The summed E-state index contributed by atoms with van der Waals surface area (Å²) >= 11 is 0. The molecular weight excluding hydrogens is 837 g/mol. The Morgan fingerprint density at radius 1 is 0.362 bits per heavy atom. The van der Waals surface area contributed by atoms with Crippen molar-refractivity contribution in [2.45, 2.75) is 52.4 Å². The maximum absolute atomic E-state index is 6.66. The molecule has 2 heterocycles. The van der Waals surface area contributed by atoms with Gasteiger partial charge in [-0.15, -0.1) is 0 Å². The van der Waals surface area contributed by atoms with Gasteiger partial charge in [-0.25, -0.2) is 0 Å². The van der Waals surface area contributed by atoms with Crippen molar-refractivity contribution in [1.29, 1.82) is 0 Å². The van der Waals surface area contributed by atoms with Crippen molar-refractivity contribution in [1.82, 2.24) is 4.57 Å². The molecule has 10 aromatic carbocycles. The van der Waals surface area contributed by atoms with E-state index < -0.39 is 0 Å². The topological polar surface area (TPSA) is 21.3 Å². The molecule has 0 unspecified atom stereocenters. The zero-order valence-corrected chi connectivity index (χ0v) is 40.1. The Labute approximate surface area is 404 Å². The lowest BCUT2D eigenvalue weighted by atomic mass is 9.78. The van der Waals surface area contributed by atoms with Crippen molar-refractivity contribution in [3.63, 3.8) is 0 Å². The van der Waals surface area contributed by atoms with Crippen LogP contribution in [0.25, 0.3) is 93.6 Å². The third-order valence-electron chi connectivity index (χ3n) is 14.1. The molecule has 0 N–H and O–H groups in total. The van der Waals surface area contributed by atoms with Crippen molar-refractivity contribution in [3.8, 4) is 39.1 Å². The Morgan fingerprint density at radius 2 is 0.855 bits per heavy atom. The molecule has 3 heteroatoms. The predicted molar refractivity (Wildman–Crippen MR) is 294 cm³/mol. The van der Waals surface area contributed by atoms with Crippen LogP contribution in [0.3, 0.4) is 0 Å². The number of anilines is 3. The van der Waals surface area contributed by atoms with Gasteiger partial charge in [0.25, 0.3) is 0 Å². The first kappa shape index (κ1) is 42.2. The van der Waals surface area contributed by atoms with E-state index in [0.717, 1.165) is 61.3 Å². The molecule has 0 bridgehead atoms. The van der Waals surface area contributed by atoms with Crippen molar-refractivity contribution in [2.24, 2.45) is 0 Å². The summed E-state index contributed by atoms with van der Waals surface area (Å²) in [6, 6.07) is 80.1. The molecule has 0 aliphatic rings. The number of rotatable bonds is 7. The van der Waals surface area contributed by atoms with Crippen molar-refractivity contribution in [3.05, 3.63) is 230 Å². The summed E-state index contributed by atoms with van der Waals surface area (Å²) in [5.74, 6) is 0. The second-order valence-corrected chi connectivity index (χ2v) is 20.5. The van der Waals surface area contributed by atoms with Crippen LogP contribution in [-0.4, -0.2) is 4.57 Å². The number of benzene rings is 10. The molecule has 69 heavy (non-hydrogen) atoms. The van der Waals surface area contributed by atoms with Gasteiger partial charge in [-0.2, -0.15) is 0 Å². The van der Waals surface area contributed by atoms with Gasteiger partial charge in [-0.1, -0.05) is 205 Å². The summed E-state index contributed by atoms with van der Waals surface area (Å²) in [5, 5.41) is 7.02. The minimum atomic E-state index is -0.0248. The minimum absolute atomic E-state index is 0.0248. The molecule has 0 saturated heterocycles. The van der Waals surface area contributed by atoms with Crippen LogP contribution in [0.4, 0.5) is 17.1 Å². The Bertz CT molecular complexity index is 3890. The molecule has 0 amide bonds. The van der Waals surface area contributed by atoms with E-state index >= 15 is 0 Å². The largest absolute Gasteiger partial charge is 0.456 e. The summed E-state index contributed by atoms with van der Waals surface area (Å²) in [7, 11) is 0. The monoisotopic (exact) mass is 890 g/mol. The fourth-order valence-electron chi connectivity index (χ4n) is 10.7. The Balaban J connectivity index is 1.16. The highest BCUT2D eigenvalue weighted by atomic mass is 16.3. The average Bonchev–Trinajstić information content (AvgIpc) is 3.93. The van der Waals surface area contributed by atoms with Gasteiger partial charge >= 0.3 is 0 Å². The van der Waals surface area contributed by atoms with E-state index in [1.54, 1.807) is 0 Å². The average molecular weight is 891 g/mol. The number of furan rings is 1. The van der Waals surface area contributed by atoms with Gasteiger partial charge in [0.15, 0.2) is 0 Å². The fourth-order valence-corrected chi connectivity index (χ4v) is 10.7. The molecule has 2 aromatic heterocycles. The Kier molecular flexibility index (Phi) is 9.97. The lowest BCUT2D eigenvalue weighted by Gasteiger charge is -2.31. The molecule has 0 atom stereocenters. The van der Waals surface area contributed by atoms with Crippen LogP contribution in [0.5, 0.6) is 0 Å². The highest BCUT2D eigenvalue weighted by Gasteiger charge is 2.27. The number of hydrogen-bond donors (Lipinski definition) is 0. The number of fused-ring (bicyclic) bond motifs is 7. The molecule has 12 aromatic rings. The van der Waals surface area contributed by atoms with Crippen LogP contribution in [0.15, 0.2) is 223 Å². The summed E-state index contributed by atoms with van der Waals surface area (Å²) in [6.07, 6.45) is 0. The SMILES string of the molecule is CC(C)(C)c1cc(-c2cccc3cccc(-c4ccccc4N(c4ccccc4-c4cccc5c4c4ccccc4n5-c4ccccc4)c4cccc5oc6ccccc6c45)c23)cc(C(C)(C)C)c1. The van der Waals surface area contributed by atoms with Gasteiger partial charge in [-0.3, -0.25) is 0 Å². The molecule has 12 rings (SSSR count). The van der Waals surface area contributed by atoms with Crippen LogP contribution in [0, 0.1) is 0 Å². The standard InChI is InChI=1S/C66H54N2O/c1-65(2,3)45-40-44(41-46(42-45)66(4,5)6)48-30-18-22-43-23-19-31-51(62(43)48)49-26-10-14-33-55(49)68(59-37-21-39-61-64(59)54-29-13-17-38-60(54)69-61)56-34-15-11-27-50(56)52-32-20-36-58-63(52)53-28-12-16-35-57(53)67(58)47-24-8-7-9-25-47/h7-42H,1-6H3. The predicted octanol–water partition coefficient (Wildman–Crippen LogP) is 18.9. The number of hydrogen-bond acceptors (Lipinski definition) is 2. The first-order valence-electron chi connectivity index (χ1n) is 24.2. The Morgan fingerprint density at radius 3 is 1.54 bits per heavy atom. The molecule has 0 aliphatic heterocycles. The molecule has 334 valence electrons. The maximum Gasteiger partial charge on any atom is 0.137 e. The molecule has 0 spiro atoms. The first-order valence-corrected chi connectivity index (χ1v) is 24.2. The van der Waals surface area contributed by atoms with Gasteiger partial charge in [0.2, 0.25) is 0 Å². The molecule has 0 saturated carbocycles. The summed E-state index contributed by atoms with van der Waals surface area (Å²) in [5.41, 5.74) is 18.1. The van der Waals surface area contributed by atoms with Crippen LogP contribution in [-0.2, 0) is 10.8 Å². The summed E-state index contributed by atoms with van der Waals surface area (Å²) in [6.45, 7) is 13.9. The highest BCUT2D eigenvalue weighted by Crippen LogP contribution is 2.51. The number of para-hydroxylation sites is 5. The lowest BCUT2D eigenvalue weighted by Crippen LogP contribution is -2.16. The second-order valence-electron chi connectivity index (χ2n) is 20.5.